The van der Waals surface area contributed by atoms with E-state index in [0.717, 1.165) is 65.7 Å². The Kier molecular flexibility index (Phi) is 6.39. The van der Waals surface area contributed by atoms with Gasteiger partial charge in [-0.2, -0.15) is 0 Å². The molecule has 0 amide bonds. The van der Waals surface area contributed by atoms with Gasteiger partial charge in [-0.05, 0) is 55.0 Å². The molecule has 2 N–H and O–H groups in total. The zero-order valence-corrected chi connectivity index (χ0v) is 19.1. The molecular weight excluding hydrogens is 440 g/mol. The monoisotopic (exact) mass is 466 g/mol. The zero-order chi connectivity index (χ0) is 22.6. The molecule has 0 radical (unpaired) electrons. The molecule has 1 atom stereocenters. The van der Waals surface area contributed by atoms with Crippen molar-refractivity contribution < 1.29 is 19.4 Å². The van der Waals surface area contributed by atoms with Crippen LogP contribution in [-0.2, 0) is 30.5 Å². The van der Waals surface area contributed by atoms with Gasteiger partial charge in [-0.1, -0.05) is 12.1 Å². The van der Waals surface area contributed by atoms with Gasteiger partial charge in [-0.25, -0.2) is 4.98 Å². The summed E-state index contributed by atoms with van der Waals surface area (Å²) >= 11 is 1.56. The van der Waals surface area contributed by atoms with E-state index in [1.807, 2.05) is 18.2 Å². The van der Waals surface area contributed by atoms with Gasteiger partial charge in [0.05, 0.1) is 6.42 Å². The lowest BCUT2D eigenvalue weighted by atomic mass is 9.92. The quantitative estimate of drug-likeness (QED) is 0.487. The average Bonchev–Trinajstić information content (AvgIpc) is 3.47. The molecule has 9 heteroatoms. The van der Waals surface area contributed by atoms with Crippen molar-refractivity contribution in [1.82, 2.24) is 15.2 Å². The predicted octanol–water partition coefficient (Wildman–Crippen LogP) is 4.00. The molecule has 0 bridgehead atoms. The Morgan fingerprint density at radius 1 is 1.12 bits per heavy atom. The van der Waals surface area contributed by atoms with Crippen LogP contribution in [0.15, 0.2) is 30.3 Å². The Morgan fingerprint density at radius 2 is 2.00 bits per heavy atom. The number of carboxylic acids is 1. The first-order valence-corrected chi connectivity index (χ1v) is 12.1. The van der Waals surface area contributed by atoms with E-state index in [0.29, 0.717) is 17.9 Å². The van der Waals surface area contributed by atoms with Crippen molar-refractivity contribution in [3.05, 3.63) is 57.2 Å². The molecule has 1 aromatic carbocycles. The molecule has 4 heterocycles. The number of carbonyl (C=O) groups is 1. The van der Waals surface area contributed by atoms with Crippen LogP contribution >= 0.6 is 11.3 Å². The molecule has 0 aliphatic carbocycles. The molecule has 0 saturated heterocycles. The van der Waals surface area contributed by atoms with Gasteiger partial charge >= 0.3 is 5.97 Å². The predicted molar refractivity (Wildman–Crippen MR) is 124 cm³/mol. The number of nitrogens with zero attached hydrogens (tertiary/aromatic N) is 3. The van der Waals surface area contributed by atoms with E-state index in [1.54, 1.807) is 11.3 Å². The van der Waals surface area contributed by atoms with Gasteiger partial charge in [-0.3, -0.25) is 4.79 Å². The second-order valence-electron chi connectivity index (χ2n) is 8.40. The van der Waals surface area contributed by atoms with Gasteiger partial charge < -0.3 is 19.9 Å². The number of benzene rings is 1. The summed E-state index contributed by atoms with van der Waals surface area (Å²) in [6, 6.07) is 9.93. The van der Waals surface area contributed by atoms with Gasteiger partial charge in [0.15, 0.2) is 11.5 Å². The minimum Gasteiger partial charge on any atom is -0.481 e. The van der Waals surface area contributed by atoms with Gasteiger partial charge in [0, 0.05) is 31.0 Å². The third kappa shape index (κ3) is 5.24. The molecule has 3 aromatic rings. The lowest BCUT2D eigenvalue weighted by molar-refractivity contribution is -0.137. The topological polar surface area (TPSA) is 106 Å². The summed E-state index contributed by atoms with van der Waals surface area (Å²) in [4.78, 5) is 16.2. The third-order valence-electron chi connectivity index (χ3n) is 5.99. The maximum Gasteiger partial charge on any atom is 0.303 e. The number of anilines is 1. The number of ether oxygens (including phenoxy) is 2. The summed E-state index contributed by atoms with van der Waals surface area (Å²) in [6.07, 6.45) is 5.48. The number of aliphatic carboxylic acids is 1. The van der Waals surface area contributed by atoms with E-state index in [1.165, 1.54) is 5.56 Å². The number of hydrogen-bond donors (Lipinski definition) is 2. The molecule has 2 aliphatic rings. The molecule has 2 aromatic heterocycles. The Balaban J connectivity index is 1.19. The van der Waals surface area contributed by atoms with E-state index in [2.05, 4.69) is 27.6 Å². The number of pyridine rings is 1. The average molecular weight is 467 g/mol. The number of aryl methyl sites for hydroxylation is 3. The van der Waals surface area contributed by atoms with Crippen molar-refractivity contribution in [2.24, 2.45) is 0 Å². The van der Waals surface area contributed by atoms with Gasteiger partial charge in [0.2, 0.25) is 6.79 Å². The highest BCUT2D eigenvalue weighted by molar-refractivity contribution is 7.11. The molecule has 1 unspecified atom stereocenters. The second-order valence-corrected chi connectivity index (χ2v) is 9.54. The number of rotatable bonds is 9. The molecule has 33 heavy (non-hydrogen) atoms. The smallest absolute Gasteiger partial charge is 0.303 e. The Labute approximate surface area is 196 Å². The van der Waals surface area contributed by atoms with E-state index < -0.39 is 5.97 Å². The largest absolute Gasteiger partial charge is 0.481 e. The Bertz CT molecular complexity index is 1150. The first-order valence-electron chi connectivity index (χ1n) is 11.3. The van der Waals surface area contributed by atoms with Crippen LogP contribution < -0.4 is 14.8 Å². The van der Waals surface area contributed by atoms with Crippen LogP contribution in [0.25, 0.3) is 0 Å². The van der Waals surface area contributed by atoms with Crippen molar-refractivity contribution in [3.63, 3.8) is 0 Å². The highest BCUT2D eigenvalue weighted by Crippen LogP contribution is 2.36. The molecule has 0 saturated carbocycles. The summed E-state index contributed by atoms with van der Waals surface area (Å²) in [5.74, 6) is 1.34. The number of hydrogen-bond acceptors (Lipinski definition) is 8. The lowest BCUT2D eigenvalue weighted by Gasteiger charge is -2.17. The molecule has 0 spiro atoms. The minimum atomic E-state index is -0.838. The summed E-state index contributed by atoms with van der Waals surface area (Å²) in [5, 5.41) is 23.3. The number of nitrogens with one attached hydrogen (secondary N) is 1. The standard InChI is InChI=1S/C24H26N4O4S/c29-23(30)13-17(16-7-9-19-20(11-16)32-14-31-19)12-22-28-27-21(33-22)5-1-4-18-8-6-15-3-2-10-25-24(15)26-18/h6-9,11,17H,1-5,10,12-14H2,(H,25,26)(H,29,30). The fraction of sp³-hybridized carbons (Fsp3) is 0.417. The van der Waals surface area contributed by atoms with E-state index >= 15 is 0 Å². The first kappa shape index (κ1) is 21.6. The van der Waals surface area contributed by atoms with Crippen LogP contribution in [0.3, 0.4) is 0 Å². The van der Waals surface area contributed by atoms with E-state index in [9.17, 15) is 9.90 Å². The fourth-order valence-electron chi connectivity index (χ4n) is 4.30. The molecule has 0 fully saturated rings. The van der Waals surface area contributed by atoms with Crippen molar-refractivity contribution >= 4 is 23.1 Å². The highest BCUT2D eigenvalue weighted by Gasteiger charge is 2.22. The van der Waals surface area contributed by atoms with Gasteiger partial charge in [0.1, 0.15) is 15.8 Å². The molecular formula is C24H26N4O4S. The molecule has 2 aliphatic heterocycles. The van der Waals surface area contributed by atoms with Gasteiger partial charge in [0.25, 0.3) is 0 Å². The Morgan fingerprint density at radius 3 is 2.91 bits per heavy atom. The Hall–Kier alpha value is -3.20. The van der Waals surface area contributed by atoms with Crippen LogP contribution in [0.4, 0.5) is 5.82 Å². The zero-order valence-electron chi connectivity index (χ0n) is 18.2. The number of fused-ring (bicyclic) bond motifs is 2. The second kappa shape index (κ2) is 9.74. The maximum absolute atomic E-state index is 11.5. The third-order valence-corrected chi connectivity index (χ3v) is 7.00. The fourth-order valence-corrected chi connectivity index (χ4v) is 5.26. The van der Waals surface area contributed by atoms with Crippen molar-refractivity contribution in [2.45, 2.75) is 50.9 Å². The van der Waals surface area contributed by atoms with Crippen molar-refractivity contribution in [2.75, 3.05) is 18.7 Å². The molecule has 8 nitrogen and oxygen atoms in total. The van der Waals surface area contributed by atoms with Crippen LogP contribution in [0.1, 0.15) is 52.0 Å². The van der Waals surface area contributed by atoms with Crippen LogP contribution in [0, 0.1) is 0 Å². The normalized spacial score (nSPS) is 15.0. The summed E-state index contributed by atoms with van der Waals surface area (Å²) in [6.45, 7) is 1.19. The number of aromatic nitrogens is 3. The molecule has 5 rings (SSSR count). The van der Waals surface area contributed by atoms with Crippen molar-refractivity contribution in [3.8, 4) is 11.5 Å². The summed E-state index contributed by atoms with van der Waals surface area (Å²) in [5.41, 5.74) is 3.31. The van der Waals surface area contributed by atoms with Crippen LogP contribution in [0.2, 0.25) is 0 Å². The SMILES string of the molecule is O=C(O)CC(Cc1nnc(CCCc2ccc3c(n2)NCCC3)s1)c1ccc2c(c1)OCO2. The highest BCUT2D eigenvalue weighted by atomic mass is 32.1. The van der Waals surface area contributed by atoms with Crippen LogP contribution in [-0.4, -0.2) is 39.6 Å². The lowest BCUT2D eigenvalue weighted by Crippen LogP contribution is -2.14. The van der Waals surface area contributed by atoms with Gasteiger partial charge in [-0.15, -0.1) is 21.5 Å². The minimum absolute atomic E-state index is 0.0204. The van der Waals surface area contributed by atoms with E-state index in [4.69, 9.17) is 14.5 Å². The van der Waals surface area contributed by atoms with Crippen LogP contribution in [0.5, 0.6) is 11.5 Å². The summed E-state index contributed by atoms with van der Waals surface area (Å²) in [7, 11) is 0. The summed E-state index contributed by atoms with van der Waals surface area (Å²) < 4.78 is 10.8. The first-order chi connectivity index (χ1) is 16.1. The maximum atomic E-state index is 11.5. The number of carboxylic acid groups (broad SMARTS) is 1. The van der Waals surface area contributed by atoms with Crippen molar-refractivity contribution in [1.29, 1.82) is 0 Å². The van der Waals surface area contributed by atoms with E-state index in [-0.39, 0.29) is 19.1 Å². The molecule has 172 valence electrons.